The number of rotatable bonds is 2. The molecule has 0 atom stereocenters. The first kappa shape index (κ1) is 40.2. The molecule has 0 N–H and O–H groups in total. The van der Waals surface area contributed by atoms with E-state index in [4.69, 9.17) is 11.6 Å². The number of hydrogen-bond donors (Lipinski definition) is 0. The van der Waals surface area contributed by atoms with E-state index in [2.05, 4.69) is 135 Å². The number of benzene rings is 4. The van der Waals surface area contributed by atoms with Gasteiger partial charge in [-0.15, -0.1) is 23.1 Å². The molecule has 0 unspecified atom stereocenters. The van der Waals surface area contributed by atoms with Gasteiger partial charge in [-0.05, 0) is 35.4 Å². The molecule has 4 heteroatoms. The van der Waals surface area contributed by atoms with E-state index in [0.717, 1.165) is 17.9 Å². The van der Waals surface area contributed by atoms with Crippen molar-refractivity contribution >= 4 is 14.8 Å². The van der Waals surface area contributed by atoms with Crippen molar-refractivity contribution in [1.82, 2.24) is 0 Å². The summed E-state index contributed by atoms with van der Waals surface area (Å²) in [6, 6.07) is 27.6. The number of allylic oxidation sites excluding steroid dienone is 4. The van der Waals surface area contributed by atoms with Gasteiger partial charge in [0.05, 0.1) is 0 Å². The first-order valence-electron chi connectivity index (χ1n) is 15.5. The molecule has 0 spiro atoms. The molecular formula is C42H45Cl3Zr-2. The summed E-state index contributed by atoms with van der Waals surface area (Å²) < 4.78 is 1.36. The summed E-state index contributed by atoms with van der Waals surface area (Å²) in [7, 11) is 0. The minimum Gasteiger partial charge on any atom is -1.00 e. The molecule has 4 aromatic carbocycles. The van der Waals surface area contributed by atoms with Gasteiger partial charge in [0, 0.05) is 0 Å². The van der Waals surface area contributed by atoms with Gasteiger partial charge in [-0.2, -0.15) is 23.8 Å². The largest absolute Gasteiger partial charge is 1.00 e. The number of halogens is 3. The molecule has 0 heterocycles. The van der Waals surface area contributed by atoms with E-state index in [9.17, 15) is 0 Å². The molecule has 0 nitrogen and oxygen atoms in total. The molecule has 0 amide bonds. The summed E-state index contributed by atoms with van der Waals surface area (Å²) in [5.74, 6) is 0. The average Bonchev–Trinajstić information content (AvgIpc) is 3.63. The van der Waals surface area contributed by atoms with E-state index in [1.165, 1.54) is 88.6 Å². The van der Waals surface area contributed by atoms with Crippen LogP contribution in [0.1, 0.15) is 98.0 Å². The van der Waals surface area contributed by atoms with Crippen molar-refractivity contribution in [3.8, 4) is 11.1 Å². The molecule has 0 aromatic heterocycles. The van der Waals surface area contributed by atoms with Crippen LogP contribution in [0.15, 0.2) is 85.0 Å². The summed E-state index contributed by atoms with van der Waals surface area (Å²) in [6.45, 7) is 20.4. The molecule has 0 saturated carbocycles. The standard InChI is InChI=1S/C23H29.C14H11Cl.C5H5.2ClH.Zr/c1-14-9-16-11-17-10-15(2)21(23(6,7)8)13-19(17)18(16)12-20(14)22(3,4)5;1-11-2-4-12(5-3-11)10-13-6-8-14(15)9-7-13;1-2-4-5-3-1;;;/h9,12-13H,11H2,1-8H3;2-9H,1H3;1-3H,4H2;2*1H;/q-1;;-1;;;+2/p-2. The van der Waals surface area contributed by atoms with Crippen molar-refractivity contribution in [3.63, 3.8) is 0 Å². The van der Waals surface area contributed by atoms with Crippen LogP contribution in [-0.4, -0.2) is 3.21 Å². The van der Waals surface area contributed by atoms with Gasteiger partial charge < -0.3 is 24.8 Å². The van der Waals surface area contributed by atoms with Gasteiger partial charge in [0.1, 0.15) is 0 Å². The van der Waals surface area contributed by atoms with Gasteiger partial charge in [0.15, 0.2) is 0 Å². The van der Waals surface area contributed by atoms with Gasteiger partial charge in [0.2, 0.25) is 0 Å². The third kappa shape index (κ3) is 10.2. The van der Waals surface area contributed by atoms with Crippen LogP contribution in [0.2, 0.25) is 5.02 Å². The van der Waals surface area contributed by atoms with Crippen molar-refractivity contribution < 1.29 is 49.0 Å². The smallest absolute Gasteiger partial charge is 0.109 e. The molecule has 0 saturated heterocycles. The van der Waals surface area contributed by atoms with Crippen molar-refractivity contribution in [2.45, 2.75) is 86.0 Å². The summed E-state index contributed by atoms with van der Waals surface area (Å²) in [5.41, 5.74) is 15.5. The molecule has 0 fully saturated rings. The van der Waals surface area contributed by atoms with Gasteiger partial charge in [-0.3, -0.25) is 6.08 Å². The third-order valence-electron chi connectivity index (χ3n) is 8.14. The van der Waals surface area contributed by atoms with E-state index in [0.29, 0.717) is 0 Å². The number of fused-ring (bicyclic) bond motifs is 3. The zero-order chi connectivity index (χ0) is 32.2. The van der Waals surface area contributed by atoms with E-state index in [-0.39, 0.29) is 35.6 Å². The topological polar surface area (TPSA) is 0 Å². The van der Waals surface area contributed by atoms with Crippen LogP contribution in [-0.2, 0) is 41.5 Å². The summed E-state index contributed by atoms with van der Waals surface area (Å²) in [5, 5.41) is 0.788. The quantitative estimate of drug-likeness (QED) is 0.214. The Hall–Kier alpha value is -2.02. The Morgan fingerprint density at radius 1 is 0.739 bits per heavy atom. The van der Waals surface area contributed by atoms with E-state index < -0.39 is 0 Å². The molecule has 6 rings (SSSR count). The first-order valence-corrected chi connectivity index (χ1v) is 17.1. The van der Waals surface area contributed by atoms with Crippen LogP contribution in [0, 0.1) is 32.9 Å². The second kappa shape index (κ2) is 16.9. The predicted molar refractivity (Wildman–Crippen MR) is 188 cm³/mol. The van der Waals surface area contributed by atoms with Crippen LogP contribution >= 0.6 is 11.6 Å². The van der Waals surface area contributed by atoms with Crippen LogP contribution in [0.5, 0.6) is 0 Å². The molecule has 240 valence electrons. The van der Waals surface area contributed by atoms with E-state index >= 15 is 0 Å². The summed E-state index contributed by atoms with van der Waals surface area (Å²) >= 11 is 7.30. The zero-order valence-corrected chi connectivity index (χ0v) is 33.4. The fraction of sp³-hybridized carbons (Fsp3) is 0.310. The summed E-state index contributed by atoms with van der Waals surface area (Å²) in [4.78, 5) is 0. The van der Waals surface area contributed by atoms with Crippen molar-refractivity contribution in [2.75, 3.05) is 0 Å². The van der Waals surface area contributed by atoms with Gasteiger partial charge in [0.25, 0.3) is 0 Å². The Labute approximate surface area is 310 Å². The SMILES string of the molecule is Cc1[c-]c2c(cc1C(C)(C)C)-c1cc(C(C)(C)C)c(C)cc1C2.Cc1ccc([C](=[Zr+2])c2ccc(Cl)cc2)cc1.[C-]1=CC=CC1.[Cl-].[Cl-]. The Bertz CT molecular complexity index is 1570. The number of aryl methyl sites for hydroxylation is 3. The minimum atomic E-state index is 0. The molecule has 0 radical (unpaired) electrons. The molecule has 46 heavy (non-hydrogen) atoms. The van der Waals surface area contributed by atoms with Gasteiger partial charge in [-0.1, -0.05) is 71.6 Å². The molecular weight excluding hydrogens is 702 g/mol. The van der Waals surface area contributed by atoms with Crippen LogP contribution in [0.3, 0.4) is 0 Å². The normalized spacial score (nSPS) is 12.4. The predicted octanol–water partition coefficient (Wildman–Crippen LogP) is 5.35. The van der Waals surface area contributed by atoms with Crippen molar-refractivity contribution in [2.24, 2.45) is 0 Å². The Morgan fingerprint density at radius 3 is 1.76 bits per heavy atom. The van der Waals surface area contributed by atoms with Crippen LogP contribution < -0.4 is 24.8 Å². The number of hydrogen-bond acceptors (Lipinski definition) is 0. The second-order valence-corrected chi connectivity index (χ2v) is 15.6. The van der Waals surface area contributed by atoms with Gasteiger partial charge >= 0.3 is 116 Å². The van der Waals surface area contributed by atoms with Crippen molar-refractivity contribution in [3.05, 3.63) is 152 Å². The summed E-state index contributed by atoms with van der Waals surface area (Å²) in [6.07, 6.45) is 11.0. The molecule has 0 aliphatic heterocycles. The minimum absolute atomic E-state index is 0. The van der Waals surface area contributed by atoms with Crippen molar-refractivity contribution in [1.29, 1.82) is 0 Å². The van der Waals surface area contributed by atoms with Crippen LogP contribution in [0.25, 0.3) is 11.1 Å². The maximum absolute atomic E-state index is 5.88. The fourth-order valence-electron chi connectivity index (χ4n) is 5.87. The van der Waals surface area contributed by atoms with E-state index in [1.807, 2.05) is 24.3 Å². The second-order valence-electron chi connectivity index (χ2n) is 14.0. The third-order valence-corrected chi connectivity index (χ3v) is 9.81. The molecule has 2 aliphatic carbocycles. The average molecular weight is 747 g/mol. The van der Waals surface area contributed by atoms with E-state index in [1.54, 1.807) is 0 Å². The Kier molecular flexibility index (Phi) is 14.7. The van der Waals surface area contributed by atoms with Gasteiger partial charge in [-0.25, -0.2) is 12.2 Å². The zero-order valence-electron chi connectivity index (χ0n) is 28.6. The first-order chi connectivity index (χ1) is 20.6. The maximum atomic E-state index is 5.88. The Morgan fingerprint density at radius 2 is 1.28 bits per heavy atom. The van der Waals surface area contributed by atoms with Crippen LogP contribution in [0.4, 0.5) is 0 Å². The molecule has 0 bridgehead atoms. The fourth-order valence-corrected chi connectivity index (χ4v) is 6.81. The monoisotopic (exact) mass is 744 g/mol. The molecule has 4 aromatic rings. The Balaban J connectivity index is 0.000000278. The molecule has 2 aliphatic rings. The maximum Gasteiger partial charge on any atom is -0.109 e.